The van der Waals surface area contributed by atoms with Crippen molar-refractivity contribution in [3.8, 4) is 28.3 Å². The summed E-state index contributed by atoms with van der Waals surface area (Å²) in [5, 5.41) is 15.0. The van der Waals surface area contributed by atoms with Crippen molar-refractivity contribution in [1.82, 2.24) is 39.7 Å². The fourth-order valence-corrected chi connectivity index (χ4v) is 9.75. The number of para-hydroxylation sites is 1. The van der Waals surface area contributed by atoms with Crippen LogP contribution in [0.15, 0.2) is 108 Å². The van der Waals surface area contributed by atoms with E-state index in [4.69, 9.17) is 9.84 Å². The summed E-state index contributed by atoms with van der Waals surface area (Å²) in [5.41, 5.74) is 7.65. The number of aromatic nitrogens is 6. The fourth-order valence-electron chi connectivity index (χ4n) is 9.75. The number of hydrogen-bond donors (Lipinski definition) is 2. The second-order valence-electron chi connectivity index (χ2n) is 17.2. The van der Waals surface area contributed by atoms with Crippen LogP contribution in [0, 0.1) is 6.92 Å². The number of aryl methyl sites for hydroxylation is 2. The van der Waals surface area contributed by atoms with E-state index in [0.717, 1.165) is 59.2 Å². The maximum absolute atomic E-state index is 14.0. The van der Waals surface area contributed by atoms with Gasteiger partial charge in [-0.15, -0.1) is 0 Å². The zero-order chi connectivity index (χ0) is 46.5. The Morgan fingerprint density at radius 2 is 1.58 bits per heavy atom. The Morgan fingerprint density at radius 3 is 2.33 bits per heavy atom. The van der Waals surface area contributed by atoms with Crippen LogP contribution in [0.4, 0.5) is 22.0 Å². The van der Waals surface area contributed by atoms with Crippen LogP contribution in [-0.2, 0) is 23.7 Å². The molecule has 3 fully saturated rings. The number of pyridine rings is 1. The lowest BCUT2D eigenvalue weighted by Crippen LogP contribution is -2.39. The average Bonchev–Trinajstić information content (AvgIpc) is 4.01. The van der Waals surface area contributed by atoms with Gasteiger partial charge in [0.05, 0.1) is 28.5 Å². The molecule has 67 heavy (non-hydrogen) atoms. The first-order valence-electron chi connectivity index (χ1n) is 22.4. The van der Waals surface area contributed by atoms with E-state index < -0.39 is 5.92 Å². The summed E-state index contributed by atoms with van der Waals surface area (Å²) in [7, 11) is 5.08. The van der Waals surface area contributed by atoms with E-state index in [9.17, 15) is 24.0 Å². The zero-order valence-corrected chi connectivity index (χ0v) is 37.6. The minimum absolute atomic E-state index is 0.234. The van der Waals surface area contributed by atoms with Gasteiger partial charge < -0.3 is 15.0 Å². The van der Waals surface area contributed by atoms with Gasteiger partial charge in [0, 0.05) is 93.8 Å². The molecule has 4 aromatic carbocycles. The number of carbonyl (C=O) groups is 4. The largest absolute Gasteiger partial charge is 0.457 e. The molecule has 340 valence electrons. The average molecular weight is 900 g/mol. The molecule has 3 saturated heterocycles. The number of ether oxygens (including phenoxy) is 1. The molecule has 1 atom stereocenters. The standard InChI is InChI=1S/C50H49N11O6/c1-30-37(19-22-52-46(30)60-26-25-59(50(60)66)34-8-5-7-33(27-34)47(63)51-2)38-16-13-35(61-29-53-57(4)49(61)65)28-42(38)67-36-14-11-31(12-15-36)32-20-23-58(24-21-32)41-10-6-9-39-44(55-56(3)45(39)41)40-17-18-43(62)54-48(40)64/h5-16,19,22,27-29,32,40H,17-18,20-21,23-26H2,1-4H3,(H,51,63)(H,54,62,64). The third-order valence-corrected chi connectivity index (χ3v) is 13.3. The van der Waals surface area contributed by atoms with Gasteiger partial charge in [0.1, 0.15) is 23.6 Å². The van der Waals surface area contributed by atoms with E-state index in [-0.39, 0.29) is 29.4 Å². The molecule has 2 N–H and O–H groups in total. The first-order chi connectivity index (χ1) is 32.5. The number of nitrogens with zero attached hydrogens (tertiary/aromatic N) is 9. The molecule has 0 spiro atoms. The first-order valence-corrected chi connectivity index (χ1v) is 22.4. The molecule has 5 amide bonds. The third-order valence-electron chi connectivity index (χ3n) is 13.3. The van der Waals surface area contributed by atoms with Crippen LogP contribution in [0.3, 0.4) is 0 Å². The summed E-state index contributed by atoms with van der Waals surface area (Å²) in [4.78, 5) is 74.4. The third kappa shape index (κ3) is 7.85. The lowest BCUT2D eigenvalue weighted by atomic mass is 9.89. The Balaban J connectivity index is 0.886. The number of rotatable bonds is 10. The summed E-state index contributed by atoms with van der Waals surface area (Å²) in [6, 6.07) is 28.5. The number of piperidine rings is 2. The number of carbonyl (C=O) groups excluding carboxylic acids is 4. The number of hydrogen-bond acceptors (Lipinski definition) is 10. The van der Waals surface area contributed by atoms with Crippen molar-refractivity contribution in [3.63, 3.8) is 0 Å². The van der Waals surface area contributed by atoms with Crippen LogP contribution in [0.1, 0.15) is 64.7 Å². The summed E-state index contributed by atoms with van der Waals surface area (Å²) >= 11 is 0. The molecule has 3 aliphatic rings. The Labute approximate surface area is 385 Å². The van der Waals surface area contributed by atoms with Crippen molar-refractivity contribution in [2.75, 3.05) is 47.9 Å². The summed E-state index contributed by atoms with van der Waals surface area (Å²) in [5.74, 6) is 0.724. The Bertz CT molecular complexity index is 3160. The quantitative estimate of drug-likeness (QED) is 0.147. The number of fused-ring (bicyclic) bond motifs is 1. The minimum Gasteiger partial charge on any atom is -0.457 e. The molecule has 0 saturated carbocycles. The highest BCUT2D eigenvalue weighted by Crippen LogP contribution is 2.41. The van der Waals surface area contributed by atoms with Crippen molar-refractivity contribution in [2.24, 2.45) is 14.1 Å². The predicted octanol–water partition coefficient (Wildman–Crippen LogP) is 6.33. The number of benzene rings is 4. The number of amides is 5. The molecule has 1 unspecified atom stereocenters. The van der Waals surface area contributed by atoms with Gasteiger partial charge >= 0.3 is 11.7 Å². The van der Waals surface area contributed by atoms with Gasteiger partial charge in [0.15, 0.2) is 0 Å². The Morgan fingerprint density at radius 1 is 0.806 bits per heavy atom. The molecule has 10 rings (SSSR count). The Hall–Kier alpha value is -8.08. The maximum Gasteiger partial charge on any atom is 0.350 e. The van der Waals surface area contributed by atoms with Crippen molar-refractivity contribution >= 4 is 51.8 Å². The molecule has 0 bridgehead atoms. The molecule has 17 heteroatoms. The van der Waals surface area contributed by atoms with E-state index in [1.54, 1.807) is 48.3 Å². The van der Waals surface area contributed by atoms with E-state index in [0.29, 0.717) is 71.8 Å². The van der Waals surface area contributed by atoms with Crippen molar-refractivity contribution in [1.29, 1.82) is 0 Å². The van der Waals surface area contributed by atoms with Gasteiger partial charge in [-0.3, -0.25) is 34.2 Å². The van der Waals surface area contributed by atoms with Crippen LogP contribution in [0.25, 0.3) is 27.7 Å². The topological polar surface area (TPSA) is 182 Å². The Kier molecular flexibility index (Phi) is 11.1. The van der Waals surface area contributed by atoms with E-state index in [1.165, 1.54) is 21.1 Å². The monoisotopic (exact) mass is 899 g/mol. The zero-order valence-electron chi connectivity index (χ0n) is 37.6. The minimum atomic E-state index is -0.462. The van der Waals surface area contributed by atoms with Crippen molar-refractivity contribution in [3.05, 3.63) is 136 Å². The van der Waals surface area contributed by atoms with Gasteiger partial charge in [-0.25, -0.2) is 23.8 Å². The highest BCUT2D eigenvalue weighted by Gasteiger charge is 2.35. The summed E-state index contributed by atoms with van der Waals surface area (Å²) in [6.45, 7) is 4.41. The molecule has 3 aliphatic heterocycles. The predicted molar refractivity (Wildman–Crippen MR) is 253 cm³/mol. The van der Waals surface area contributed by atoms with Gasteiger partial charge in [0.25, 0.3) is 5.91 Å². The van der Waals surface area contributed by atoms with E-state index in [2.05, 4.69) is 43.8 Å². The highest BCUT2D eigenvalue weighted by molar-refractivity contribution is 6.07. The van der Waals surface area contributed by atoms with Crippen molar-refractivity contribution < 1.29 is 23.9 Å². The van der Waals surface area contributed by atoms with Crippen LogP contribution in [-0.4, -0.2) is 86.1 Å². The fraction of sp³-hybridized carbons (Fsp3) is 0.280. The SMILES string of the molecule is CNC(=O)c1cccc(N2CCN(c3nccc(-c4ccc(-n5cnn(C)c5=O)cc4Oc4ccc(C5CCN(c6cccc7c(C8CCC(=O)NC8=O)nn(C)c67)CC5)cc4)c3C)C2=O)c1. The van der Waals surface area contributed by atoms with Gasteiger partial charge in [-0.1, -0.05) is 30.3 Å². The molecule has 0 radical (unpaired) electrons. The van der Waals surface area contributed by atoms with Crippen LogP contribution in [0.5, 0.6) is 11.5 Å². The highest BCUT2D eigenvalue weighted by atomic mass is 16.5. The molecule has 7 aromatic rings. The van der Waals surface area contributed by atoms with Gasteiger partial charge in [-0.2, -0.15) is 10.2 Å². The van der Waals surface area contributed by atoms with Crippen LogP contribution >= 0.6 is 0 Å². The van der Waals surface area contributed by atoms with E-state index in [1.807, 2.05) is 73.3 Å². The number of imide groups is 1. The lowest BCUT2D eigenvalue weighted by molar-refractivity contribution is -0.134. The van der Waals surface area contributed by atoms with Crippen LogP contribution < -0.4 is 35.8 Å². The molecule has 6 heterocycles. The molecule has 3 aromatic heterocycles. The normalized spacial score (nSPS) is 16.8. The smallest absolute Gasteiger partial charge is 0.350 e. The summed E-state index contributed by atoms with van der Waals surface area (Å²) < 4.78 is 11.3. The number of nitrogens with one attached hydrogen (secondary N) is 2. The second kappa shape index (κ2) is 17.4. The van der Waals surface area contributed by atoms with Gasteiger partial charge in [-0.05, 0) is 97.8 Å². The maximum atomic E-state index is 14.0. The first kappa shape index (κ1) is 42.8. The molecule has 17 nitrogen and oxygen atoms in total. The number of urea groups is 1. The van der Waals surface area contributed by atoms with Crippen molar-refractivity contribution in [2.45, 2.75) is 44.4 Å². The summed E-state index contributed by atoms with van der Waals surface area (Å²) in [6.07, 6.45) is 5.77. The molecule has 0 aliphatic carbocycles. The lowest BCUT2D eigenvalue weighted by Gasteiger charge is -2.34. The van der Waals surface area contributed by atoms with E-state index >= 15 is 0 Å². The van der Waals surface area contributed by atoms with Gasteiger partial charge in [0.2, 0.25) is 11.8 Å². The second-order valence-corrected chi connectivity index (χ2v) is 17.2. The molecular formula is C50H49N11O6. The number of anilines is 3. The van der Waals surface area contributed by atoms with Crippen LogP contribution in [0.2, 0.25) is 0 Å². The molecular weight excluding hydrogens is 851 g/mol.